The molecule has 1 atom stereocenters. The average molecular weight is 488 g/mol. The van der Waals surface area contributed by atoms with Crippen molar-refractivity contribution >= 4 is 40.9 Å². The van der Waals surface area contributed by atoms with Gasteiger partial charge in [-0.3, -0.25) is 24.5 Å². The van der Waals surface area contributed by atoms with Gasteiger partial charge in [0.05, 0.1) is 23.9 Å². The number of nitrogens with one attached hydrogen (secondary N) is 3. The molecule has 0 radical (unpaired) electrons. The summed E-state index contributed by atoms with van der Waals surface area (Å²) in [7, 11) is 0. The fourth-order valence-electron chi connectivity index (χ4n) is 2.76. The maximum absolute atomic E-state index is 12.2. The summed E-state index contributed by atoms with van der Waals surface area (Å²) in [5.41, 5.74) is -0.190. The number of aliphatic carboxylic acids is 1. The second-order valence-electron chi connectivity index (χ2n) is 6.71. The molecule has 172 valence electrons. The molecule has 0 saturated heterocycles. The van der Waals surface area contributed by atoms with Gasteiger partial charge in [-0.15, -0.1) is 0 Å². The minimum Gasteiger partial charge on any atom is -1.00 e. The van der Waals surface area contributed by atoms with Gasteiger partial charge in [-0.25, -0.2) is 4.98 Å². The van der Waals surface area contributed by atoms with Crippen LogP contribution in [0.15, 0.2) is 42.6 Å². The Hall–Kier alpha value is -2.73. The molecule has 0 bridgehead atoms. The van der Waals surface area contributed by atoms with Crippen LogP contribution in [-0.2, 0) is 14.4 Å². The van der Waals surface area contributed by atoms with Crippen LogP contribution in [0.3, 0.4) is 0 Å². The Bertz CT molecular complexity index is 985. The number of nitro groups is 1. The zero-order chi connectivity index (χ0) is 23.5. The molecular formula is C20H23ClN5NaO6. The van der Waals surface area contributed by atoms with E-state index >= 15 is 0 Å². The number of amides is 2. The predicted octanol–water partition coefficient (Wildman–Crippen LogP) is -0.600. The Morgan fingerprint density at radius 3 is 2.61 bits per heavy atom. The molecule has 0 fully saturated rings. The van der Waals surface area contributed by atoms with E-state index in [1.807, 2.05) is 6.07 Å². The van der Waals surface area contributed by atoms with Crippen molar-refractivity contribution < 1.29 is 55.4 Å². The Kier molecular flexibility index (Phi) is 12.4. The zero-order valence-corrected chi connectivity index (χ0v) is 20.7. The van der Waals surface area contributed by atoms with E-state index in [0.717, 1.165) is 6.07 Å². The number of anilines is 1. The number of hydrogen-bond acceptors (Lipinski definition) is 7. The van der Waals surface area contributed by atoms with E-state index in [2.05, 4.69) is 20.9 Å². The van der Waals surface area contributed by atoms with Gasteiger partial charge in [0.2, 0.25) is 11.8 Å². The summed E-state index contributed by atoms with van der Waals surface area (Å²) in [4.78, 5) is 49.8. The van der Waals surface area contributed by atoms with Crippen LogP contribution in [0.25, 0.3) is 0 Å². The van der Waals surface area contributed by atoms with Crippen molar-refractivity contribution in [3.63, 3.8) is 0 Å². The molecule has 1 aromatic heterocycles. The van der Waals surface area contributed by atoms with Crippen molar-refractivity contribution in [3.05, 3.63) is 63.3 Å². The molecule has 33 heavy (non-hydrogen) atoms. The number of carbonyl (C=O) groups is 3. The topological polar surface area (TPSA) is 164 Å². The largest absolute Gasteiger partial charge is 1.00 e. The first kappa shape index (κ1) is 28.3. The number of hydrogen-bond donors (Lipinski definition) is 4. The maximum atomic E-state index is 12.2. The van der Waals surface area contributed by atoms with Crippen molar-refractivity contribution in [1.82, 2.24) is 15.6 Å². The number of carboxylic acids is 1. The van der Waals surface area contributed by atoms with Gasteiger partial charge in [-0.2, -0.15) is 0 Å². The summed E-state index contributed by atoms with van der Waals surface area (Å²) < 4.78 is 0. The monoisotopic (exact) mass is 487 g/mol. The molecule has 0 aliphatic carbocycles. The van der Waals surface area contributed by atoms with Crippen LogP contribution in [0.1, 0.15) is 32.3 Å². The van der Waals surface area contributed by atoms with Crippen molar-refractivity contribution in [2.24, 2.45) is 0 Å². The Labute approximate surface area is 218 Å². The number of rotatable bonds is 12. The van der Waals surface area contributed by atoms with Crippen molar-refractivity contribution in [2.75, 3.05) is 18.4 Å². The molecule has 0 saturated carbocycles. The predicted molar refractivity (Wildman–Crippen MR) is 117 cm³/mol. The summed E-state index contributed by atoms with van der Waals surface area (Å²) in [6.45, 7) is 0.158. The fraction of sp³-hybridized carbons (Fsp3) is 0.300. The average Bonchev–Trinajstić information content (AvgIpc) is 2.75. The second-order valence-corrected chi connectivity index (χ2v) is 7.12. The zero-order valence-electron chi connectivity index (χ0n) is 18.9. The van der Waals surface area contributed by atoms with Crippen LogP contribution in [0.4, 0.5) is 11.5 Å². The Morgan fingerprint density at radius 1 is 1.21 bits per heavy atom. The van der Waals surface area contributed by atoms with Gasteiger partial charge in [0, 0.05) is 25.2 Å². The molecule has 0 spiro atoms. The molecule has 2 aromatic rings. The van der Waals surface area contributed by atoms with Gasteiger partial charge >= 0.3 is 35.5 Å². The molecule has 1 heterocycles. The SMILES string of the molecule is O=C(O)CC(NC(=O)CNC(=O)CCCNc1ccccn1)c1ccc(Cl)c([N+](=O)[O-])c1.[H-].[Na+]. The third kappa shape index (κ3) is 10.2. The van der Waals surface area contributed by atoms with Crippen LogP contribution in [0, 0.1) is 10.1 Å². The van der Waals surface area contributed by atoms with Crippen molar-refractivity contribution in [3.8, 4) is 0 Å². The van der Waals surface area contributed by atoms with Gasteiger partial charge in [0.25, 0.3) is 5.69 Å². The summed E-state index contributed by atoms with van der Waals surface area (Å²) in [5.74, 6) is -1.50. The standard InChI is InChI=1S/C20H22ClN5O6.Na.H/c21-14-7-6-13(10-16(14)26(31)32)15(11-20(29)30)25-19(28)12-24-18(27)5-3-9-23-17-4-1-2-8-22-17;;/h1-2,4,6-8,10,15H,3,5,9,11-12H2,(H,22,23)(H,24,27)(H,25,28)(H,29,30);;/q;+1;-1. The summed E-state index contributed by atoms with van der Waals surface area (Å²) in [6, 6.07) is 8.17. The van der Waals surface area contributed by atoms with Crippen LogP contribution >= 0.6 is 11.6 Å². The van der Waals surface area contributed by atoms with Crippen LogP contribution < -0.4 is 45.5 Å². The van der Waals surface area contributed by atoms with E-state index in [-0.39, 0.29) is 60.4 Å². The smallest absolute Gasteiger partial charge is 1.00 e. The number of nitro benzene ring substituents is 1. The molecule has 11 nitrogen and oxygen atoms in total. The summed E-state index contributed by atoms with van der Waals surface area (Å²) in [6.07, 6.45) is 1.83. The molecule has 2 amide bonds. The number of halogens is 1. The third-order valence-electron chi connectivity index (χ3n) is 4.28. The third-order valence-corrected chi connectivity index (χ3v) is 4.60. The molecule has 0 aliphatic heterocycles. The second kappa shape index (κ2) is 14.4. The van der Waals surface area contributed by atoms with Crippen LogP contribution in [0.5, 0.6) is 0 Å². The number of carbonyl (C=O) groups excluding carboxylic acids is 2. The minimum atomic E-state index is -1.21. The van der Waals surface area contributed by atoms with Gasteiger partial charge in [0.1, 0.15) is 10.8 Å². The Morgan fingerprint density at radius 2 is 1.97 bits per heavy atom. The summed E-state index contributed by atoms with van der Waals surface area (Å²) >= 11 is 5.78. The molecular weight excluding hydrogens is 465 g/mol. The maximum Gasteiger partial charge on any atom is 1.00 e. The number of nitrogens with zero attached hydrogens (tertiary/aromatic N) is 2. The molecule has 13 heteroatoms. The van der Waals surface area contributed by atoms with Gasteiger partial charge < -0.3 is 22.5 Å². The molecule has 4 N–H and O–H groups in total. The van der Waals surface area contributed by atoms with Gasteiger partial charge in [-0.1, -0.05) is 23.7 Å². The molecule has 1 aromatic carbocycles. The number of pyridine rings is 1. The van der Waals surface area contributed by atoms with Crippen LogP contribution in [0.2, 0.25) is 5.02 Å². The number of benzene rings is 1. The molecule has 2 rings (SSSR count). The van der Waals surface area contributed by atoms with Crippen LogP contribution in [-0.4, -0.2) is 45.9 Å². The van der Waals surface area contributed by atoms with E-state index < -0.39 is 34.9 Å². The molecule has 1 unspecified atom stereocenters. The van der Waals surface area contributed by atoms with Gasteiger partial charge in [0.15, 0.2) is 0 Å². The first-order valence-electron chi connectivity index (χ1n) is 9.63. The van der Waals surface area contributed by atoms with E-state index in [1.54, 1.807) is 18.3 Å². The minimum absolute atomic E-state index is 0. The number of carboxylic acid groups (broad SMARTS) is 1. The van der Waals surface area contributed by atoms with Crippen molar-refractivity contribution in [2.45, 2.75) is 25.3 Å². The first-order chi connectivity index (χ1) is 15.3. The molecule has 0 aliphatic rings. The first-order valence-corrected chi connectivity index (χ1v) is 10.0. The quantitative estimate of drug-likeness (QED) is 0.133. The number of aromatic nitrogens is 1. The summed E-state index contributed by atoms with van der Waals surface area (Å²) in [5, 5.41) is 28.1. The van der Waals surface area contributed by atoms with E-state index in [9.17, 15) is 24.5 Å². The fourth-order valence-corrected chi connectivity index (χ4v) is 2.95. The van der Waals surface area contributed by atoms with E-state index in [4.69, 9.17) is 16.7 Å². The van der Waals surface area contributed by atoms with Crippen molar-refractivity contribution in [1.29, 1.82) is 0 Å². The van der Waals surface area contributed by atoms with Gasteiger partial charge in [-0.05, 0) is 30.2 Å². The van der Waals surface area contributed by atoms with E-state index in [0.29, 0.717) is 18.8 Å². The van der Waals surface area contributed by atoms with E-state index in [1.165, 1.54) is 12.1 Å². The normalized spacial score (nSPS) is 10.9. The Balaban J connectivity index is 0.00000544.